The second-order valence-electron chi connectivity index (χ2n) is 9.67. The van der Waals surface area contributed by atoms with Crippen LogP contribution in [0.1, 0.15) is 17.7 Å². The van der Waals surface area contributed by atoms with E-state index in [2.05, 4.69) is 25.5 Å². The van der Waals surface area contributed by atoms with Gasteiger partial charge in [-0.15, -0.1) is 0 Å². The van der Waals surface area contributed by atoms with E-state index in [9.17, 15) is 14.4 Å². The number of benzene rings is 2. The van der Waals surface area contributed by atoms with E-state index in [0.29, 0.717) is 34.0 Å². The number of aromatic amines is 1. The van der Waals surface area contributed by atoms with Crippen molar-refractivity contribution in [2.45, 2.75) is 20.3 Å². The molecule has 2 N–H and O–H groups in total. The van der Waals surface area contributed by atoms with Crippen molar-refractivity contribution < 1.29 is 14.3 Å². The molecule has 1 aliphatic heterocycles. The molecule has 3 aromatic heterocycles. The maximum Gasteiger partial charge on any atom is 0.263 e. The molecule has 202 valence electrons. The molecule has 0 saturated carbocycles. The van der Waals surface area contributed by atoms with Gasteiger partial charge in [0.15, 0.2) is 5.65 Å². The zero-order valence-corrected chi connectivity index (χ0v) is 22.1. The molecule has 12 heteroatoms. The highest BCUT2D eigenvalue weighted by atomic mass is 16.5. The van der Waals surface area contributed by atoms with Gasteiger partial charge in [0.05, 0.1) is 36.3 Å². The first-order valence-corrected chi connectivity index (χ1v) is 12.7. The van der Waals surface area contributed by atoms with Gasteiger partial charge in [0, 0.05) is 19.0 Å². The number of amides is 2. The number of hydrogen-bond acceptors (Lipinski definition) is 7. The number of anilines is 2. The summed E-state index contributed by atoms with van der Waals surface area (Å²) >= 11 is 0. The van der Waals surface area contributed by atoms with Crippen LogP contribution < -0.4 is 20.5 Å². The van der Waals surface area contributed by atoms with Crippen LogP contribution in [0.2, 0.25) is 0 Å². The lowest BCUT2D eigenvalue weighted by Crippen LogP contribution is -2.29. The molecule has 0 bridgehead atoms. The minimum absolute atomic E-state index is 0.0493. The molecule has 1 atom stereocenters. The summed E-state index contributed by atoms with van der Waals surface area (Å²) in [5, 5.41) is 12.0. The van der Waals surface area contributed by atoms with Crippen LogP contribution in [0.15, 0.2) is 65.6 Å². The summed E-state index contributed by atoms with van der Waals surface area (Å²) in [6.07, 6.45) is 1.52. The van der Waals surface area contributed by atoms with Gasteiger partial charge in [-0.2, -0.15) is 19.9 Å². The van der Waals surface area contributed by atoms with Crippen LogP contribution in [0.4, 0.5) is 11.5 Å². The molecular formula is C28H26N8O4. The zero-order chi connectivity index (χ0) is 28.0. The number of nitrogens with zero attached hydrogens (tertiary/aromatic N) is 6. The highest BCUT2D eigenvalue weighted by molar-refractivity contribution is 6.04. The van der Waals surface area contributed by atoms with Crippen molar-refractivity contribution in [1.82, 2.24) is 29.5 Å². The van der Waals surface area contributed by atoms with E-state index in [1.165, 1.54) is 18.0 Å². The normalized spacial score (nSPS) is 15.1. The number of para-hydroxylation sites is 2. The van der Waals surface area contributed by atoms with E-state index in [1.807, 2.05) is 43.3 Å². The maximum absolute atomic E-state index is 13.3. The molecule has 2 aromatic carbocycles. The number of fused-ring (bicyclic) bond motifs is 1. The van der Waals surface area contributed by atoms with Crippen LogP contribution in [-0.4, -0.2) is 55.0 Å². The molecule has 1 aliphatic rings. The van der Waals surface area contributed by atoms with Crippen molar-refractivity contribution in [1.29, 1.82) is 0 Å². The fourth-order valence-corrected chi connectivity index (χ4v) is 4.90. The number of carbonyl (C=O) groups excluding carboxylic acids is 2. The third-order valence-electron chi connectivity index (χ3n) is 6.83. The van der Waals surface area contributed by atoms with Crippen molar-refractivity contribution >= 4 is 34.4 Å². The summed E-state index contributed by atoms with van der Waals surface area (Å²) in [5.74, 6) is -0.127. The van der Waals surface area contributed by atoms with Crippen molar-refractivity contribution in [3.8, 4) is 17.4 Å². The smallest absolute Gasteiger partial charge is 0.263 e. The molecule has 2 amide bonds. The monoisotopic (exact) mass is 538 g/mol. The van der Waals surface area contributed by atoms with Crippen LogP contribution in [0, 0.1) is 19.8 Å². The van der Waals surface area contributed by atoms with Crippen LogP contribution in [0.5, 0.6) is 5.75 Å². The van der Waals surface area contributed by atoms with E-state index < -0.39 is 11.5 Å². The lowest BCUT2D eigenvalue weighted by atomic mass is 10.1. The quantitative estimate of drug-likeness (QED) is 0.339. The van der Waals surface area contributed by atoms with Gasteiger partial charge in [-0.3, -0.25) is 19.4 Å². The second-order valence-corrected chi connectivity index (χ2v) is 9.67. The minimum atomic E-state index is -0.599. The van der Waals surface area contributed by atoms with Crippen LogP contribution >= 0.6 is 0 Å². The van der Waals surface area contributed by atoms with Gasteiger partial charge in [-0.1, -0.05) is 24.3 Å². The Hall–Kier alpha value is -5.26. The standard InChI is InChI=1S/C28H26N8O4/c1-16-7-6-8-19(11-16)35-25-20(14-29-35)27(39)32-28(31-25)36-23(12-17(2)33-36)30-26(38)18-13-24(37)34(15-18)21-9-4-5-10-22(21)40-3/h4-12,14,18H,13,15H2,1-3H3,(H,30,38)(H,31,32,39). The van der Waals surface area contributed by atoms with E-state index in [1.54, 1.807) is 34.7 Å². The summed E-state index contributed by atoms with van der Waals surface area (Å²) in [6, 6.07) is 16.6. The number of methoxy groups -OCH3 is 1. The summed E-state index contributed by atoms with van der Waals surface area (Å²) < 4.78 is 8.35. The summed E-state index contributed by atoms with van der Waals surface area (Å²) in [4.78, 5) is 48.1. The average molecular weight is 539 g/mol. The van der Waals surface area contributed by atoms with E-state index in [0.717, 1.165) is 11.3 Å². The third kappa shape index (κ3) is 4.38. The van der Waals surface area contributed by atoms with Gasteiger partial charge in [0.1, 0.15) is 17.0 Å². The molecule has 0 aliphatic carbocycles. The molecule has 5 aromatic rings. The van der Waals surface area contributed by atoms with Gasteiger partial charge < -0.3 is 15.0 Å². The van der Waals surface area contributed by atoms with Crippen LogP contribution in [-0.2, 0) is 9.59 Å². The summed E-state index contributed by atoms with van der Waals surface area (Å²) in [5.41, 5.74) is 2.97. The SMILES string of the molecule is COc1ccccc1N1CC(C(=O)Nc2cc(C)nn2-c2nc3c(cnn3-c3cccc(C)c3)c(=O)[nH]2)CC1=O. The average Bonchev–Trinajstić information content (AvgIpc) is 3.65. The molecule has 1 fully saturated rings. The number of hydrogen-bond donors (Lipinski definition) is 2. The first kappa shape index (κ1) is 25.0. The molecule has 1 saturated heterocycles. The Bertz CT molecular complexity index is 1840. The number of nitrogens with one attached hydrogen (secondary N) is 2. The Morgan fingerprint density at radius 1 is 1.07 bits per heavy atom. The van der Waals surface area contributed by atoms with Crippen molar-refractivity contribution in [3.05, 3.63) is 82.4 Å². The molecular weight excluding hydrogens is 512 g/mol. The van der Waals surface area contributed by atoms with Crippen LogP contribution in [0.25, 0.3) is 22.7 Å². The molecule has 1 unspecified atom stereocenters. The molecule has 4 heterocycles. The summed E-state index contributed by atoms with van der Waals surface area (Å²) in [6.45, 7) is 3.94. The number of aromatic nitrogens is 6. The number of carbonyl (C=O) groups is 2. The first-order valence-electron chi connectivity index (χ1n) is 12.7. The Kier molecular flexibility index (Phi) is 6.14. The lowest BCUT2D eigenvalue weighted by molar-refractivity contribution is -0.122. The Morgan fingerprint density at radius 2 is 1.90 bits per heavy atom. The number of rotatable bonds is 6. The van der Waals surface area contributed by atoms with Crippen LogP contribution in [0.3, 0.4) is 0 Å². The van der Waals surface area contributed by atoms with Gasteiger partial charge in [-0.05, 0) is 43.7 Å². The Morgan fingerprint density at radius 3 is 2.70 bits per heavy atom. The Balaban J connectivity index is 1.30. The van der Waals surface area contributed by atoms with Gasteiger partial charge in [-0.25, -0.2) is 4.68 Å². The van der Waals surface area contributed by atoms with E-state index >= 15 is 0 Å². The van der Waals surface area contributed by atoms with Crippen molar-refractivity contribution in [3.63, 3.8) is 0 Å². The number of aryl methyl sites for hydroxylation is 2. The Labute approximate surface area is 228 Å². The molecule has 40 heavy (non-hydrogen) atoms. The van der Waals surface area contributed by atoms with Crippen molar-refractivity contribution in [2.24, 2.45) is 5.92 Å². The van der Waals surface area contributed by atoms with Gasteiger partial charge in [0.2, 0.25) is 17.8 Å². The fourth-order valence-electron chi connectivity index (χ4n) is 4.90. The summed E-state index contributed by atoms with van der Waals surface area (Å²) in [7, 11) is 1.54. The molecule has 12 nitrogen and oxygen atoms in total. The van der Waals surface area contributed by atoms with E-state index in [4.69, 9.17) is 4.74 Å². The largest absolute Gasteiger partial charge is 0.495 e. The number of H-pyrrole nitrogens is 1. The highest BCUT2D eigenvalue weighted by Crippen LogP contribution is 2.33. The number of ether oxygens (including phenoxy) is 1. The maximum atomic E-state index is 13.3. The second kappa shape index (κ2) is 9.80. The first-order chi connectivity index (χ1) is 19.3. The topological polar surface area (TPSA) is 140 Å². The molecule has 0 spiro atoms. The lowest BCUT2D eigenvalue weighted by Gasteiger charge is -2.19. The predicted molar refractivity (Wildman–Crippen MR) is 148 cm³/mol. The molecule has 6 rings (SSSR count). The highest BCUT2D eigenvalue weighted by Gasteiger charge is 2.36. The van der Waals surface area contributed by atoms with Gasteiger partial charge >= 0.3 is 0 Å². The van der Waals surface area contributed by atoms with Gasteiger partial charge in [0.25, 0.3) is 5.56 Å². The molecule has 0 radical (unpaired) electrons. The predicted octanol–water partition coefficient (Wildman–Crippen LogP) is 2.91. The zero-order valence-electron chi connectivity index (χ0n) is 22.1. The van der Waals surface area contributed by atoms with Crippen molar-refractivity contribution in [2.75, 3.05) is 23.9 Å². The fraction of sp³-hybridized carbons (Fsp3) is 0.214. The van der Waals surface area contributed by atoms with E-state index in [-0.39, 0.29) is 30.7 Å². The minimum Gasteiger partial charge on any atom is -0.495 e. The third-order valence-corrected chi connectivity index (χ3v) is 6.83.